The highest BCUT2D eigenvalue weighted by Gasteiger charge is 2.26. The average Bonchev–Trinajstić information content (AvgIpc) is 2.46. The van der Waals surface area contributed by atoms with E-state index in [9.17, 15) is 19.5 Å². The minimum atomic E-state index is -1.19. The lowest BCUT2D eigenvalue weighted by atomic mass is 10.0. The maximum atomic E-state index is 12.1. The Morgan fingerprint density at radius 1 is 1.36 bits per heavy atom. The molecule has 6 nitrogen and oxygen atoms in total. The van der Waals surface area contributed by atoms with Crippen molar-refractivity contribution in [2.75, 3.05) is 6.61 Å². The smallest absolute Gasteiger partial charge is 0.326 e. The zero-order valence-corrected chi connectivity index (χ0v) is 13.9. The third-order valence-electron chi connectivity index (χ3n) is 2.97. The second kappa shape index (κ2) is 8.53. The van der Waals surface area contributed by atoms with Crippen molar-refractivity contribution in [2.24, 2.45) is 5.92 Å². The predicted molar refractivity (Wildman–Crippen MR) is 83.4 cm³/mol. The van der Waals surface area contributed by atoms with Gasteiger partial charge in [0, 0.05) is 10.0 Å². The van der Waals surface area contributed by atoms with Crippen LogP contribution in [0.15, 0.2) is 28.7 Å². The van der Waals surface area contributed by atoms with Crippen molar-refractivity contribution in [2.45, 2.75) is 26.3 Å². The van der Waals surface area contributed by atoms with E-state index >= 15 is 0 Å². The lowest BCUT2D eigenvalue weighted by Gasteiger charge is -2.18. The summed E-state index contributed by atoms with van der Waals surface area (Å²) in [5.41, 5.74) is 0.337. The van der Waals surface area contributed by atoms with E-state index in [1.54, 1.807) is 38.1 Å². The van der Waals surface area contributed by atoms with Gasteiger partial charge in [-0.1, -0.05) is 28.9 Å². The van der Waals surface area contributed by atoms with Crippen LogP contribution in [-0.4, -0.2) is 35.6 Å². The quantitative estimate of drug-likeness (QED) is 0.716. The van der Waals surface area contributed by atoms with Crippen molar-refractivity contribution in [3.8, 4) is 0 Å². The predicted octanol–water partition coefficient (Wildman–Crippen LogP) is 2.22. The van der Waals surface area contributed by atoms with Crippen LogP contribution in [0.5, 0.6) is 0 Å². The van der Waals surface area contributed by atoms with E-state index in [0.29, 0.717) is 10.0 Å². The summed E-state index contributed by atoms with van der Waals surface area (Å²) < 4.78 is 5.55. The first-order chi connectivity index (χ1) is 10.3. The first kappa shape index (κ1) is 18.2. The van der Waals surface area contributed by atoms with Crippen LogP contribution in [0.2, 0.25) is 0 Å². The van der Waals surface area contributed by atoms with Crippen LogP contribution in [0.4, 0.5) is 0 Å². The fourth-order valence-electron chi connectivity index (χ4n) is 1.83. The van der Waals surface area contributed by atoms with Crippen LogP contribution in [0.3, 0.4) is 0 Å². The maximum absolute atomic E-state index is 12.1. The normalized spacial score (nSPS) is 13.0. The van der Waals surface area contributed by atoms with Gasteiger partial charge in [-0.25, -0.2) is 4.79 Å². The number of ether oxygens (including phenoxy) is 1. The molecule has 0 aliphatic heterocycles. The zero-order valence-electron chi connectivity index (χ0n) is 12.3. The van der Waals surface area contributed by atoms with Gasteiger partial charge in [-0.15, -0.1) is 0 Å². The molecule has 0 saturated carbocycles. The molecule has 7 heteroatoms. The molecule has 0 aliphatic carbocycles. The molecule has 0 heterocycles. The topological polar surface area (TPSA) is 92.7 Å². The number of carboxylic acid groups (broad SMARTS) is 1. The number of nitrogens with one attached hydrogen (secondary N) is 1. The maximum Gasteiger partial charge on any atom is 0.326 e. The molecular weight excluding hydrogens is 354 g/mol. The van der Waals surface area contributed by atoms with Crippen LogP contribution < -0.4 is 5.32 Å². The number of carboxylic acids is 1. The Morgan fingerprint density at radius 3 is 2.59 bits per heavy atom. The van der Waals surface area contributed by atoms with Gasteiger partial charge in [-0.3, -0.25) is 9.59 Å². The molecule has 0 bridgehead atoms. The van der Waals surface area contributed by atoms with E-state index in [-0.39, 0.29) is 13.0 Å². The van der Waals surface area contributed by atoms with Crippen LogP contribution in [0.25, 0.3) is 0 Å². The molecule has 1 aromatic rings. The molecule has 2 N–H and O–H groups in total. The molecule has 2 atom stereocenters. The average molecular weight is 372 g/mol. The molecule has 0 fully saturated rings. The monoisotopic (exact) mass is 371 g/mol. The Kier molecular flexibility index (Phi) is 7.04. The molecule has 120 valence electrons. The molecule has 1 rings (SSSR count). The molecular formula is C15H18BrNO5. The summed E-state index contributed by atoms with van der Waals surface area (Å²) in [7, 11) is 0. The van der Waals surface area contributed by atoms with E-state index in [2.05, 4.69) is 21.2 Å². The van der Waals surface area contributed by atoms with E-state index < -0.39 is 29.8 Å². The second-order valence-electron chi connectivity index (χ2n) is 4.76. The van der Waals surface area contributed by atoms with Crippen LogP contribution >= 0.6 is 15.9 Å². The standard InChI is InChI=1S/C15H18BrNO5/c1-3-22-15(21)9(2)7-12(14(19)20)17-13(18)10-5-4-6-11(16)8-10/h4-6,8-9,12H,3,7H2,1-2H3,(H,17,18)(H,19,20)/t9-,12-/m0/s1. The van der Waals surface area contributed by atoms with Crippen molar-refractivity contribution in [1.82, 2.24) is 5.32 Å². The SMILES string of the molecule is CCOC(=O)[C@@H](C)C[C@H](NC(=O)c1cccc(Br)c1)C(=O)O. The summed E-state index contributed by atoms with van der Waals surface area (Å²) in [5.74, 6) is -2.81. The fraction of sp³-hybridized carbons (Fsp3) is 0.400. The Bertz CT molecular complexity index is 561. The van der Waals surface area contributed by atoms with Gasteiger partial charge in [0.2, 0.25) is 0 Å². The molecule has 0 unspecified atom stereocenters. The summed E-state index contributed by atoms with van der Waals surface area (Å²) in [6, 6.07) is 5.44. The molecule has 0 radical (unpaired) electrons. The Hall–Kier alpha value is -1.89. The zero-order chi connectivity index (χ0) is 16.7. The summed E-state index contributed by atoms with van der Waals surface area (Å²) in [5, 5.41) is 11.6. The van der Waals surface area contributed by atoms with E-state index in [4.69, 9.17) is 4.74 Å². The number of rotatable bonds is 7. The van der Waals surface area contributed by atoms with Gasteiger partial charge in [-0.05, 0) is 31.5 Å². The summed E-state index contributed by atoms with van der Waals surface area (Å²) >= 11 is 3.24. The highest BCUT2D eigenvalue weighted by molar-refractivity contribution is 9.10. The van der Waals surface area contributed by atoms with Crippen LogP contribution in [-0.2, 0) is 14.3 Å². The minimum Gasteiger partial charge on any atom is -0.480 e. The Labute approximate surface area is 137 Å². The number of amides is 1. The minimum absolute atomic E-state index is 0.0338. The van der Waals surface area contributed by atoms with Crippen LogP contribution in [0.1, 0.15) is 30.6 Å². The number of esters is 1. The summed E-state index contributed by atoms with van der Waals surface area (Å²) in [6.45, 7) is 3.47. The van der Waals surface area contributed by atoms with Gasteiger partial charge in [-0.2, -0.15) is 0 Å². The number of benzene rings is 1. The van der Waals surface area contributed by atoms with Gasteiger partial charge in [0.1, 0.15) is 6.04 Å². The molecule has 0 aliphatic rings. The summed E-state index contributed by atoms with van der Waals surface area (Å²) in [4.78, 5) is 34.9. The van der Waals surface area contributed by atoms with Crippen molar-refractivity contribution in [3.63, 3.8) is 0 Å². The molecule has 0 spiro atoms. The van der Waals surface area contributed by atoms with Crippen molar-refractivity contribution in [3.05, 3.63) is 34.3 Å². The Balaban J connectivity index is 2.74. The van der Waals surface area contributed by atoms with Gasteiger partial charge >= 0.3 is 11.9 Å². The van der Waals surface area contributed by atoms with Gasteiger partial charge in [0.05, 0.1) is 12.5 Å². The van der Waals surface area contributed by atoms with Crippen molar-refractivity contribution < 1.29 is 24.2 Å². The molecule has 22 heavy (non-hydrogen) atoms. The second-order valence-corrected chi connectivity index (χ2v) is 5.68. The third kappa shape index (κ3) is 5.48. The highest BCUT2D eigenvalue weighted by Crippen LogP contribution is 2.13. The number of carbonyl (C=O) groups is 3. The number of carbonyl (C=O) groups excluding carboxylic acids is 2. The first-order valence-corrected chi connectivity index (χ1v) is 7.60. The summed E-state index contributed by atoms with van der Waals surface area (Å²) in [6.07, 6.45) is -0.0338. The van der Waals surface area contributed by atoms with E-state index in [0.717, 1.165) is 0 Å². The fourth-order valence-corrected chi connectivity index (χ4v) is 2.23. The van der Waals surface area contributed by atoms with E-state index in [1.165, 1.54) is 0 Å². The van der Waals surface area contributed by atoms with Crippen molar-refractivity contribution in [1.29, 1.82) is 0 Å². The van der Waals surface area contributed by atoms with Gasteiger partial charge < -0.3 is 15.2 Å². The van der Waals surface area contributed by atoms with Crippen molar-refractivity contribution >= 4 is 33.8 Å². The third-order valence-corrected chi connectivity index (χ3v) is 3.46. The molecule has 0 saturated heterocycles. The first-order valence-electron chi connectivity index (χ1n) is 6.81. The lowest BCUT2D eigenvalue weighted by Crippen LogP contribution is -2.42. The Morgan fingerprint density at radius 2 is 2.05 bits per heavy atom. The molecule has 0 aromatic heterocycles. The highest BCUT2D eigenvalue weighted by atomic mass is 79.9. The molecule has 1 aromatic carbocycles. The van der Waals surface area contributed by atoms with Gasteiger partial charge in [0.25, 0.3) is 5.91 Å². The number of hydrogen-bond donors (Lipinski definition) is 2. The van der Waals surface area contributed by atoms with Gasteiger partial charge in [0.15, 0.2) is 0 Å². The number of halogens is 1. The number of hydrogen-bond acceptors (Lipinski definition) is 4. The van der Waals surface area contributed by atoms with E-state index in [1.807, 2.05) is 0 Å². The lowest BCUT2D eigenvalue weighted by molar-refractivity contribution is -0.148. The largest absolute Gasteiger partial charge is 0.480 e. The van der Waals surface area contributed by atoms with Crippen LogP contribution in [0, 0.1) is 5.92 Å². The number of aliphatic carboxylic acids is 1. The molecule has 1 amide bonds.